The van der Waals surface area contributed by atoms with Gasteiger partial charge in [0.15, 0.2) is 0 Å². The van der Waals surface area contributed by atoms with E-state index in [1.54, 1.807) is 0 Å². The first kappa shape index (κ1) is 14.0. The molecule has 5 nitrogen and oxygen atoms in total. The summed E-state index contributed by atoms with van der Waals surface area (Å²) in [7, 11) is 2.00. The Kier molecular flexibility index (Phi) is 5.41. The standard InChI is InChI=1S/C12H24N4O/c1-6-10(7-2)16(5)12-15-14-11(17-12)8-13-9(3)4/h9-10,13H,6-8H2,1-5H3. The number of aromatic nitrogens is 2. The van der Waals surface area contributed by atoms with Crippen molar-refractivity contribution in [3.63, 3.8) is 0 Å². The summed E-state index contributed by atoms with van der Waals surface area (Å²) in [6.07, 6.45) is 2.16. The topological polar surface area (TPSA) is 54.2 Å². The monoisotopic (exact) mass is 240 g/mol. The van der Waals surface area contributed by atoms with Gasteiger partial charge in [-0.2, -0.15) is 0 Å². The summed E-state index contributed by atoms with van der Waals surface area (Å²) in [4.78, 5) is 2.06. The highest BCUT2D eigenvalue weighted by Crippen LogP contribution is 2.16. The van der Waals surface area contributed by atoms with Crippen LogP contribution in [0.1, 0.15) is 46.4 Å². The molecule has 1 N–H and O–H groups in total. The maximum atomic E-state index is 5.62. The largest absolute Gasteiger partial charge is 0.407 e. The lowest BCUT2D eigenvalue weighted by atomic mass is 10.1. The molecule has 0 aliphatic carbocycles. The molecule has 0 spiro atoms. The first-order chi connectivity index (χ1) is 8.08. The van der Waals surface area contributed by atoms with Crippen molar-refractivity contribution in [3.05, 3.63) is 5.89 Å². The first-order valence-corrected chi connectivity index (χ1v) is 6.37. The zero-order chi connectivity index (χ0) is 12.8. The van der Waals surface area contributed by atoms with Gasteiger partial charge in [-0.15, -0.1) is 5.10 Å². The molecule has 1 rings (SSSR count). The number of hydrogen-bond acceptors (Lipinski definition) is 5. The number of nitrogens with zero attached hydrogens (tertiary/aromatic N) is 3. The van der Waals surface area contributed by atoms with Gasteiger partial charge in [-0.25, -0.2) is 0 Å². The SMILES string of the molecule is CCC(CC)N(C)c1nnc(CNC(C)C)o1. The van der Waals surface area contributed by atoms with Gasteiger partial charge in [-0.05, 0) is 12.8 Å². The van der Waals surface area contributed by atoms with Gasteiger partial charge in [0, 0.05) is 19.1 Å². The Morgan fingerprint density at radius 2 is 1.88 bits per heavy atom. The van der Waals surface area contributed by atoms with Gasteiger partial charge in [0.05, 0.1) is 6.54 Å². The average Bonchev–Trinajstić information content (AvgIpc) is 2.76. The summed E-state index contributed by atoms with van der Waals surface area (Å²) in [5.41, 5.74) is 0. The van der Waals surface area contributed by atoms with Crippen LogP contribution in [-0.4, -0.2) is 29.3 Å². The highest BCUT2D eigenvalue weighted by Gasteiger charge is 2.17. The molecule has 5 heteroatoms. The second-order valence-corrected chi connectivity index (χ2v) is 4.60. The number of nitrogens with one attached hydrogen (secondary N) is 1. The van der Waals surface area contributed by atoms with Crippen LogP contribution in [0.25, 0.3) is 0 Å². The average molecular weight is 240 g/mol. The van der Waals surface area contributed by atoms with Gasteiger partial charge in [0.2, 0.25) is 5.89 Å². The van der Waals surface area contributed by atoms with E-state index in [0.29, 0.717) is 30.5 Å². The normalized spacial score (nSPS) is 11.5. The van der Waals surface area contributed by atoms with E-state index in [2.05, 4.69) is 48.1 Å². The van der Waals surface area contributed by atoms with E-state index in [1.165, 1.54) is 0 Å². The summed E-state index contributed by atoms with van der Waals surface area (Å²) in [6.45, 7) is 9.15. The van der Waals surface area contributed by atoms with Crippen LogP contribution in [0.4, 0.5) is 6.01 Å². The number of hydrogen-bond donors (Lipinski definition) is 1. The summed E-state index contributed by atoms with van der Waals surface area (Å²) < 4.78 is 5.62. The van der Waals surface area contributed by atoms with Crippen LogP contribution in [0.2, 0.25) is 0 Å². The third kappa shape index (κ3) is 4.00. The van der Waals surface area contributed by atoms with E-state index >= 15 is 0 Å². The van der Waals surface area contributed by atoms with Gasteiger partial charge in [0.25, 0.3) is 0 Å². The zero-order valence-corrected chi connectivity index (χ0v) is 11.5. The van der Waals surface area contributed by atoms with E-state index in [4.69, 9.17) is 4.42 Å². The van der Waals surface area contributed by atoms with Gasteiger partial charge in [0.1, 0.15) is 0 Å². The van der Waals surface area contributed by atoms with E-state index in [9.17, 15) is 0 Å². The molecule has 0 fully saturated rings. The Morgan fingerprint density at radius 1 is 1.24 bits per heavy atom. The van der Waals surface area contributed by atoms with Crippen LogP contribution in [0.15, 0.2) is 4.42 Å². The van der Waals surface area contributed by atoms with Crippen molar-refractivity contribution in [3.8, 4) is 0 Å². The molecule has 0 aromatic carbocycles. The third-order valence-corrected chi connectivity index (χ3v) is 2.91. The molecule has 0 saturated carbocycles. The Balaban J connectivity index is 2.60. The molecule has 0 aliphatic heterocycles. The van der Waals surface area contributed by atoms with Crippen LogP contribution in [0.3, 0.4) is 0 Å². The fourth-order valence-electron chi connectivity index (χ4n) is 1.74. The predicted octanol–water partition coefficient (Wildman–Crippen LogP) is 2.19. The molecule has 0 amide bonds. The molecule has 17 heavy (non-hydrogen) atoms. The maximum absolute atomic E-state index is 5.62. The lowest BCUT2D eigenvalue weighted by Crippen LogP contribution is -2.30. The van der Waals surface area contributed by atoms with Crippen molar-refractivity contribution in [2.24, 2.45) is 0 Å². The van der Waals surface area contributed by atoms with Crippen LogP contribution in [-0.2, 0) is 6.54 Å². The lowest BCUT2D eigenvalue weighted by Gasteiger charge is -2.23. The molecule has 0 saturated heterocycles. The summed E-state index contributed by atoms with van der Waals surface area (Å²) in [6, 6.07) is 1.49. The highest BCUT2D eigenvalue weighted by molar-refractivity contribution is 5.24. The van der Waals surface area contributed by atoms with Crippen molar-refractivity contribution in [1.82, 2.24) is 15.5 Å². The second kappa shape index (κ2) is 6.59. The Labute approximate surface area is 104 Å². The summed E-state index contributed by atoms with van der Waals surface area (Å²) in [5.74, 6) is 0.645. The fourth-order valence-corrected chi connectivity index (χ4v) is 1.74. The van der Waals surface area contributed by atoms with Gasteiger partial charge < -0.3 is 14.6 Å². The van der Waals surface area contributed by atoms with Crippen LogP contribution in [0, 0.1) is 0 Å². The minimum absolute atomic E-state index is 0.419. The van der Waals surface area contributed by atoms with Gasteiger partial charge in [-0.3, -0.25) is 0 Å². The van der Waals surface area contributed by atoms with E-state index in [1.807, 2.05) is 7.05 Å². The highest BCUT2D eigenvalue weighted by atomic mass is 16.4. The quantitative estimate of drug-likeness (QED) is 0.791. The van der Waals surface area contributed by atoms with Crippen LogP contribution >= 0.6 is 0 Å². The molecule has 98 valence electrons. The van der Waals surface area contributed by atoms with E-state index in [-0.39, 0.29) is 0 Å². The molecule has 0 radical (unpaired) electrons. The van der Waals surface area contributed by atoms with Crippen LogP contribution in [0.5, 0.6) is 0 Å². The van der Waals surface area contributed by atoms with Crippen molar-refractivity contribution < 1.29 is 4.42 Å². The lowest BCUT2D eigenvalue weighted by molar-refractivity contribution is 0.436. The van der Waals surface area contributed by atoms with Gasteiger partial charge >= 0.3 is 6.01 Å². The molecular weight excluding hydrogens is 216 g/mol. The molecule has 1 aromatic heterocycles. The first-order valence-electron chi connectivity index (χ1n) is 6.37. The van der Waals surface area contributed by atoms with E-state index in [0.717, 1.165) is 12.8 Å². The molecular formula is C12H24N4O. The molecule has 0 atom stereocenters. The molecule has 0 aliphatic rings. The molecule has 1 heterocycles. The van der Waals surface area contributed by atoms with Crippen molar-refractivity contribution >= 4 is 6.01 Å². The van der Waals surface area contributed by atoms with Crippen LogP contribution < -0.4 is 10.2 Å². The Bertz CT molecular complexity index is 320. The Hall–Kier alpha value is -1.10. The van der Waals surface area contributed by atoms with E-state index < -0.39 is 0 Å². The minimum atomic E-state index is 0.419. The summed E-state index contributed by atoms with van der Waals surface area (Å²) in [5, 5.41) is 11.4. The maximum Gasteiger partial charge on any atom is 0.318 e. The summed E-state index contributed by atoms with van der Waals surface area (Å²) >= 11 is 0. The fraction of sp³-hybridized carbons (Fsp3) is 0.833. The molecule has 0 bridgehead atoms. The minimum Gasteiger partial charge on any atom is -0.407 e. The third-order valence-electron chi connectivity index (χ3n) is 2.91. The van der Waals surface area contributed by atoms with Gasteiger partial charge in [-0.1, -0.05) is 32.8 Å². The molecule has 1 aromatic rings. The smallest absolute Gasteiger partial charge is 0.318 e. The second-order valence-electron chi connectivity index (χ2n) is 4.60. The predicted molar refractivity (Wildman–Crippen MR) is 69.0 cm³/mol. The Morgan fingerprint density at radius 3 is 2.41 bits per heavy atom. The molecule has 0 unspecified atom stereocenters. The van der Waals surface area contributed by atoms with Crippen molar-refractivity contribution in [2.75, 3.05) is 11.9 Å². The number of rotatable bonds is 7. The van der Waals surface area contributed by atoms with Crippen molar-refractivity contribution in [1.29, 1.82) is 0 Å². The van der Waals surface area contributed by atoms with Crippen molar-refractivity contribution in [2.45, 2.75) is 59.2 Å². The zero-order valence-electron chi connectivity index (χ0n) is 11.5. The number of anilines is 1.